The first kappa shape index (κ1) is 18.5. The maximum Gasteiger partial charge on any atom is 0.256 e. The summed E-state index contributed by atoms with van der Waals surface area (Å²) in [5.41, 5.74) is -0.0281. The standard InChI is InChI=1S/C18H29NO3/c1-5-7-8-13-18(3,21-4)17(20)19-15-9-11-16(12-10-15)22-14-6-2/h9-12H,5-8,13-14H2,1-4H3,(H,19,20)/t18-/m1/s1. The number of benzene rings is 1. The number of amides is 1. The zero-order valence-electron chi connectivity index (χ0n) is 14.3. The van der Waals surface area contributed by atoms with E-state index in [1.165, 1.54) is 0 Å². The topological polar surface area (TPSA) is 47.6 Å². The van der Waals surface area contributed by atoms with Gasteiger partial charge in [-0.3, -0.25) is 4.79 Å². The first-order valence-corrected chi connectivity index (χ1v) is 8.15. The van der Waals surface area contributed by atoms with Gasteiger partial charge in [0.2, 0.25) is 0 Å². The van der Waals surface area contributed by atoms with E-state index in [2.05, 4.69) is 19.2 Å². The first-order chi connectivity index (χ1) is 10.6. The van der Waals surface area contributed by atoms with Crippen LogP contribution in [0.1, 0.15) is 52.9 Å². The number of rotatable bonds is 10. The molecule has 0 aliphatic heterocycles. The quantitative estimate of drug-likeness (QED) is 0.652. The van der Waals surface area contributed by atoms with Crippen LogP contribution in [0.15, 0.2) is 24.3 Å². The van der Waals surface area contributed by atoms with Gasteiger partial charge < -0.3 is 14.8 Å². The van der Waals surface area contributed by atoms with E-state index in [1.54, 1.807) is 7.11 Å². The van der Waals surface area contributed by atoms with Gasteiger partial charge in [-0.2, -0.15) is 0 Å². The summed E-state index contributed by atoms with van der Waals surface area (Å²) in [5.74, 6) is 0.714. The van der Waals surface area contributed by atoms with Crippen molar-refractivity contribution in [1.29, 1.82) is 0 Å². The molecule has 1 aromatic rings. The Balaban J connectivity index is 2.61. The van der Waals surface area contributed by atoms with Crippen molar-refractivity contribution < 1.29 is 14.3 Å². The van der Waals surface area contributed by atoms with Gasteiger partial charge in [-0.05, 0) is 44.0 Å². The number of ether oxygens (including phenoxy) is 2. The van der Waals surface area contributed by atoms with Crippen LogP contribution in [0.25, 0.3) is 0 Å². The Hall–Kier alpha value is -1.55. The van der Waals surface area contributed by atoms with E-state index in [1.807, 2.05) is 31.2 Å². The van der Waals surface area contributed by atoms with Crippen LogP contribution in [0.4, 0.5) is 5.69 Å². The minimum absolute atomic E-state index is 0.103. The number of anilines is 1. The molecule has 22 heavy (non-hydrogen) atoms. The van der Waals surface area contributed by atoms with E-state index in [0.717, 1.165) is 43.5 Å². The van der Waals surface area contributed by atoms with E-state index in [9.17, 15) is 4.79 Å². The van der Waals surface area contributed by atoms with Crippen molar-refractivity contribution in [2.45, 2.75) is 58.5 Å². The molecule has 1 amide bonds. The SMILES string of the molecule is CCCCC[C@@](C)(OC)C(=O)Nc1ccc(OCCC)cc1. The lowest BCUT2D eigenvalue weighted by molar-refractivity contribution is -0.136. The van der Waals surface area contributed by atoms with Crippen LogP contribution in [0, 0.1) is 0 Å². The highest BCUT2D eigenvalue weighted by atomic mass is 16.5. The summed E-state index contributed by atoms with van der Waals surface area (Å²) in [7, 11) is 1.59. The van der Waals surface area contributed by atoms with E-state index in [-0.39, 0.29) is 5.91 Å². The molecule has 0 spiro atoms. The molecule has 1 rings (SSSR count). The summed E-state index contributed by atoms with van der Waals surface area (Å²) in [5, 5.41) is 2.92. The Labute approximate surface area is 134 Å². The molecule has 1 atom stereocenters. The maximum absolute atomic E-state index is 12.4. The predicted molar refractivity (Wildman–Crippen MR) is 90.4 cm³/mol. The number of carbonyl (C=O) groups excluding carboxylic acids is 1. The van der Waals surface area contributed by atoms with E-state index < -0.39 is 5.60 Å². The fourth-order valence-corrected chi connectivity index (χ4v) is 2.14. The van der Waals surface area contributed by atoms with Crippen LogP contribution in [-0.4, -0.2) is 25.2 Å². The third kappa shape index (κ3) is 5.68. The van der Waals surface area contributed by atoms with E-state index >= 15 is 0 Å². The highest BCUT2D eigenvalue weighted by Crippen LogP contribution is 2.22. The fraction of sp³-hybridized carbons (Fsp3) is 0.611. The molecular formula is C18H29NO3. The molecule has 0 saturated carbocycles. The van der Waals surface area contributed by atoms with Crippen LogP contribution in [-0.2, 0) is 9.53 Å². The minimum atomic E-state index is -0.785. The van der Waals surface area contributed by atoms with Crippen LogP contribution in [0.3, 0.4) is 0 Å². The Morgan fingerprint density at radius 3 is 2.36 bits per heavy atom. The molecule has 0 heterocycles. The van der Waals surface area contributed by atoms with Crippen molar-refractivity contribution in [3.63, 3.8) is 0 Å². The normalized spacial score (nSPS) is 13.5. The average molecular weight is 307 g/mol. The van der Waals surface area contributed by atoms with Crippen molar-refractivity contribution in [2.24, 2.45) is 0 Å². The zero-order valence-corrected chi connectivity index (χ0v) is 14.3. The Morgan fingerprint density at radius 2 is 1.82 bits per heavy atom. The van der Waals surface area contributed by atoms with Gasteiger partial charge in [0, 0.05) is 12.8 Å². The molecular weight excluding hydrogens is 278 g/mol. The minimum Gasteiger partial charge on any atom is -0.494 e. The monoisotopic (exact) mass is 307 g/mol. The third-order valence-electron chi connectivity index (χ3n) is 3.77. The van der Waals surface area contributed by atoms with Crippen molar-refractivity contribution in [3.05, 3.63) is 24.3 Å². The van der Waals surface area contributed by atoms with E-state index in [0.29, 0.717) is 6.61 Å². The summed E-state index contributed by atoms with van der Waals surface area (Å²) in [6.07, 6.45) is 4.91. The summed E-state index contributed by atoms with van der Waals surface area (Å²) >= 11 is 0. The van der Waals surface area contributed by atoms with Crippen LogP contribution < -0.4 is 10.1 Å². The molecule has 0 fully saturated rings. The number of hydrogen-bond donors (Lipinski definition) is 1. The largest absolute Gasteiger partial charge is 0.494 e. The lowest BCUT2D eigenvalue weighted by atomic mass is 9.97. The number of unbranched alkanes of at least 4 members (excludes halogenated alkanes) is 2. The van der Waals surface area contributed by atoms with Crippen LogP contribution in [0.5, 0.6) is 5.75 Å². The Bertz CT molecular complexity index is 444. The number of nitrogens with one attached hydrogen (secondary N) is 1. The summed E-state index contributed by atoms with van der Waals surface area (Å²) in [6.45, 7) is 6.76. The second-order valence-electron chi connectivity index (χ2n) is 5.72. The van der Waals surface area contributed by atoms with Gasteiger partial charge in [0.15, 0.2) is 0 Å². The maximum atomic E-state index is 12.4. The Kier molecular flexibility index (Phi) is 7.96. The van der Waals surface area contributed by atoms with Crippen LogP contribution in [0.2, 0.25) is 0 Å². The predicted octanol–water partition coefficient (Wildman–Crippen LogP) is 4.40. The molecule has 124 valence electrons. The van der Waals surface area contributed by atoms with Gasteiger partial charge in [-0.25, -0.2) is 0 Å². The smallest absolute Gasteiger partial charge is 0.256 e. The number of carbonyl (C=O) groups is 1. The molecule has 1 N–H and O–H groups in total. The van der Waals surface area contributed by atoms with E-state index in [4.69, 9.17) is 9.47 Å². The lowest BCUT2D eigenvalue weighted by Crippen LogP contribution is -2.41. The Morgan fingerprint density at radius 1 is 1.14 bits per heavy atom. The van der Waals surface area contributed by atoms with Gasteiger partial charge in [-0.15, -0.1) is 0 Å². The molecule has 4 nitrogen and oxygen atoms in total. The molecule has 1 aromatic carbocycles. The van der Waals surface area contributed by atoms with Crippen molar-refractivity contribution in [1.82, 2.24) is 0 Å². The average Bonchev–Trinajstić information content (AvgIpc) is 2.54. The third-order valence-corrected chi connectivity index (χ3v) is 3.77. The van der Waals surface area contributed by atoms with Gasteiger partial charge >= 0.3 is 0 Å². The molecule has 4 heteroatoms. The fourth-order valence-electron chi connectivity index (χ4n) is 2.14. The van der Waals surface area contributed by atoms with Crippen molar-refractivity contribution in [2.75, 3.05) is 19.0 Å². The van der Waals surface area contributed by atoms with Gasteiger partial charge in [0.1, 0.15) is 11.4 Å². The van der Waals surface area contributed by atoms with Gasteiger partial charge in [0.05, 0.1) is 6.61 Å². The molecule has 0 unspecified atom stereocenters. The van der Waals surface area contributed by atoms with Gasteiger partial charge in [-0.1, -0.05) is 33.1 Å². The number of methoxy groups -OCH3 is 1. The molecule has 0 aliphatic carbocycles. The van der Waals surface area contributed by atoms with Crippen molar-refractivity contribution in [3.8, 4) is 5.75 Å². The second-order valence-corrected chi connectivity index (χ2v) is 5.72. The highest BCUT2D eigenvalue weighted by Gasteiger charge is 2.32. The summed E-state index contributed by atoms with van der Waals surface area (Å²) in [4.78, 5) is 12.4. The van der Waals surface area contributed by atoms with Crippen LogP contribution >= 0.6 is 0 Å². The molecule has 0 aliphatic rings. The molecule has 0 bridgehead atoms. The van der Waals surface area contributed by atoms with Crippen molar-refractivity contribution >= 4 is 11.6 Å². The second kappa shape index (κ2) is 9.46. The molecule has 0 radical (unpaired) electrons. The zero-order chi connectivity index (χ0) is 16.4. The summed E-state index contributed by atoms with van der Waals surface area (Å²) in [6, 6.07) is 7.44. The highest BCUT2D eigenvalue weighted by molar-refractivity contribution is 5.97. The molecule has 0 aromatic heterocycles. The summed E-state index contributed by atoms with van der Waals surface area (Å²) < 4.78 is 11.0. The first-order valence-electron chi connectivity index (χ1n) is 8.15. The lowest BCUT2D eigenvalue weighted by Gasteiger charge is -2.27. The van der Waals surface area contributed by atoms with Gasteiger partial charge in [0.25, 0.3) is 5.91 Å². The number of hydrogen-bond acceptors (Lipinski definition) is 3. The molecule has 0 saturated heterocycles.